The quantitative estimate of drug-likeness (QED) is 0.0261. The molecule has 1 heterocycles. The monoisotopic (exact) mass is 1050 g/mol. The second kappa shape index (κ2) is 54.2. The zero-order valence-electron chi connectivity index (χ0n) is 47.8. The van der Waals surface area contributed by atoms with E-state index in [1.807, 2.05) is 6.08 Å². The minimum absolute atomic E-state index is 0.189. The highest BCUT2D eigenvalue weighted by Crippen LogP contribution is 2.23. The summed E-state index contributed by atoms with van der Waals surface area (Å²) in [6.07, 6.45) is 73.2. The van der Waals surface area contributed by atoms with Crippen molar-refractivity contribution in [2.45, 2.75) is 288 Å². The molecule has 0 aliphatic carbocycles. The van der Waals surface area contributed by atoms with Crippen molar-refractivity contribution in [2.24, 2.45) is 0 Å². The summed E-state index contributed by atoms with van der Waals surface area (Å²) in [5, 5.41) is 54.4. The van der Waals surface area contributed by atoms with Crippen molar-refractivity contribution in [3.8, 4) is 0 Å². The van der Waals surface area contributed by atoms with E-state index in [9.17, 15) is 30.3 Å². The molecule has 6 N–H and O–H groups in total. The maximum absolute atomic E-state index is 13.0. The molecule has 1 amide bonds. The van der Waals surface area contributed by atoms with Crippen LogP contribution in [0, 0.1) is 0 Å². The fourth-order valence-electron chi connectivity index (χ4n) is 9.04. The number of aliphatic hydroxyl groups excluding tert-OH is 5. The van der Waals surface area contributed by atoms with Crippen LogP contribution in [0.1, 0.15) is 245 Å². The molecule has 0 aromatic heterocycles. The van der Waals surface area contributed by atoms with Crippen molar-refractivity contribution in [1.29, 1.82) is 0 Å². The lowest BCUT2D eigenvalue weighted by Gasteiger charge is -2.40. The van der Waals surface area contributed by atoms with Crippen LogP contribution in [0.5, 0.6) is 0 Å². The van der Waals surface area contributed by atoms with Gasteiger partial charge in [-0.05, 0) is 89.9 Å². The molecule has 1 saturated heterocycles. The van der Waals surface area contributed by atoms with E-state index in [0.29, 0.717) is 6.42 Å². The number of ether oxygens (including phenoxy) is 2. The van der Waals surface area contributed by atoms with Crippen molar-refractivity contribution < 1.29 is 39.8 Å². The van der Waals surface area contributed by atoms with E-state index in [1.54, 1.807) is 6.08 Å². The third kappa shape index (κ3) is 43.5. The number of carbonyl (C=O) groups is 1. The van der Waals surface area contributed by atoms with Gasteiger partial charge in [-0.2, -0.15) is 0 Å². The van der Waals surface area contributed by atoms with Gasteiger partial charge in [0.15, 0.2) is 6.29 Å². The Balaban J connectivity index is 2.09. The standard InChI is InChI=1S/C66H113NO8/c1-3-5-7-9-11-13-15-17-18-19-20-21-22-23-24-25-26-27-28-29-30-31-32-33-34-35-36-37-38-39-40-41-42-44-46-48-50-52-54-56-62(70)67-59(58-74-66-65(73)64(72)63(71)61(57-68)75-66)60(69)55-53-51-49-47-45-43-16-14-12-10-8-6-4-2/h5,7,11,13,17-18,20-21,23-24,26-27,29-30,45,47,53,55,59-61,63-66,68-69,71-73H,3-4,6,8-10,12,14-16,19,22,25,28,31-44,46,48-52,54,56-58H2,1-2H3,(H,67,70)/b7-5-,13-11-,18-17-,21-20-,24-23-,27-26-,30-29-,47-45+,55-53+. The first-order valence-corrected chi connectivity index (χ1v) is 30.6. The molecule has 1 rings (SSSR count). The van der Waals surface area contributed by atoms with Gasteiger partial charge in [0.05, 0.1) is 25.4 Å². The van der Waals surface area contributed by atoms with E-state index >= 15 is 0 Å². The average molecular weight is 1050 g/mol. The molecule has 7 unspecified atom stereocenters. The largest absolute Gasteiger partial charge is 0.394 e. The molecule has 0 radical (unpaired) electrons. The fourth-order valence-corrected chi connectivity index (χ4v) is 9.04. The lowest BCUT2D eigenvalue weighted by atomic mass is 9.99. The van der Waals surface area contributed by atoms with Crippen molar-refractivity contribution in [3.63, 3.8) is 0 Å². The van der Waals surface area contributed by atoms with Gasteiger partial charge in [0.25, 0.3) is 0 Å². The summed E-state index contributed by atoms with van der Waals surface area (Å²) < 4.78 is 11.2. The number of rotatable bonds is 51. The lowest BCUT2D eigenvalue weighted by molar-refractivity contribution is -0.302. The van der Waals surface area contributed by atoms with E-state index < -0.39 is 49.5 Å². The van der Waals surface area contributed by atoms with Gasteiger partial charge in [-0.3, -0.25) is 4.79 Å². The molecule has 7 atom stereocenters. The molecule has 1 aliphatic rings. The molecule has 1 aliphatic heterocycles. The Kier molecular flexibility index (Phi) is 50.5. The summed E-state index contributed by atoms with van der Waals surface area (Å²) >= 11 is 0. The zero-order valence-corrected chi connectivity index (χ0v) is 47.8. The van der Waals surface area contributed by atoms with Gasteiger partial charge in [-0.15, -0.1) is 0 Å². The van der Waals surface area contributed by atoms with Crippen LogP contribution in [0.2, 0.25) is 0 Å². The van der Waals surface area contributed by atoms with Gasteiger partial charge < -0.3 is 40.3 Å². The first kappa shape index (κ1) is 69.9. The highest BCUT2D eigenvalue weighted by molar-refractivity contribution is 5.76. The maximum Gasteiger partial charge on any atom is 0.220 e. The van der Waals surface area contributed by atoms with Crippen LogP contribution >= 0.6 is 0 Å². The molecule has 9 nitrogen and oxygen atoms in total. The number of nitrogens with one attached hydrogen (secondary N) is 1. The number of aliphatic hydroxyl groups is 5. The van der Waals surface area contributed by atoms with Crippen LogP contribution < -0.4 is 5.32 Å². The molecule has 75 heavy (non-hydrogen) atoms. The van der Waals surface area contributed by atoms with Crippen molar-refractivity contribution >= 4 is 5.91 Å². The van der Waals surface area contributed by atoms with Gasteiger partial charge in [0, 0.05) is 6.42 Å². The molecule has 1 fully saturated rings. The number of amides is 1. The van der Waals surface area contributed by atoms with Crippen LogP contribution in [0.4, 0.5) is 0 Å². The Morgan fingerprint density at radius 1 is 0.467 bits per heavy atom. The molecule has 0 aromatic rings. The molecule has 9 heteroatoms. The first-order valence-electron chi connectivity index (χ1n) is 30.6. The predicted octanol–water partition coefficient (Wildman–Crippen LogP) is 15.7. The molecular weight excluding hydrogens is 935 g/mol. The van der Waals surface area contributed by atoms with E-state index in [2.05, 4.69) is 116 Å². The molecule has 0 saturated carbocycles. The minimum Gasteiger partial charge on any atom is -0.394 e. The number of unbranched alkanes of at least 4 members (excludes halogenated alkanes) is 25. The molecule has 0 aromatic carbocycles. The fraction of sp³-hybridized carbons (Fsp3) is 0.712. The predicted molar refractivity (Wildman–Crippen MR) is 317 cm³/mol. The highest BCUT2D eigenvalue weighted by Gasteiger charge is 2.44. The Morgan fingerprint density at radius 2 is 0.840 bits per heavy atom. The number of hydrogen-bond acceptors (Lipinski definition) is 8. The van der Waals surface area contributed by atoms with E-state index in [-0.39, 0.29) is 12.5 Å². The van der Waals surface area contributed by atoms with Crippen molar-refractivity contribution in [1.82, 2.24) is 5.32 Å². The third-order valence-electron chi connectivity index (χ3n) is 13.8. The topological polar surface area (TPSA) is 149 Å². The van der Waals surface area contributed by atoms with Gasteiger partial charge in [0.1, 0.15) is 24.4 Å². The second-order valence-corrected chi connectivity index (χ2v) is 20.8. The summed E-state index contributed by atoms with van der Waals surface area (Å²) in [5.74, 6) is -0.189. The maximum atomic E-state index is 13.0. The number of carbonyl (C=O) groups excluding carboxylic acids is 1. The van der Waals surface area contributed by atoms with Gasteiger partial charge in [-0.25, -0.2) is 0 Å². The van der Waals surface area contributed by atoms with Gasteiger partial charge >= 0.3 is 0 Å². The van der Waals surface area contributed by atoms with Crippen LogP contribution in [-0.4, -0.2) is 87.5 Å². The summed E-state index contributed by atoms with van der Waals surface area (Å²) in [7, 11) is 0. The molecule has 0 bridgehead atoms. The summed E-state index contributed by atoms with van der Waals surface area (Å²) in [4.78, 5) is 13.0. The van der Waals surface area contributed by atoms with Gasteiger partial charge in [-0.1, -0.05) is 258 Å². The normalized spacial score (nSPS) is 19.7. The van der Waals surface area contributed by atoms with E-state index in [4.69, 9.17) is 9.47 Å². The SMILES string of the molecule is CC/C=C\C/C=C\C/C=C\C/C=C\C/C=C\C/C=C\C/C=C\CCCCCCCCCCCCCCCCCCCC(=O)NC(COC1OC(CO)C(O)C(O)C1O)C(O)/C=C/CC/C=C/CCCCCCCCC. The third-order valence-corrected chi connectivity index (χ3v) is 13.8. The Labute approximate surface area is 459 Å². The first-order chi connectivity index (χ1) is 36.8. The summed E-state index contributed by atoms with van der Waals surface area (Å²) in [5.41, 5.74) is 0. The minimum atomic E-state index is -1.57. The number of hydrogen-bond donors (Lipinski definition) is 6. The van der Waals surface area contributed by atoms with E-state index in [0.717, 1.165) is 83.5 Å². The Bertz CT molecular complexity index is 1540. The van der Waals surface area contributed by atoms with Crippen LogP contribution in [0.3, 0.4) is 0 Å². The van der Waals surface area contributed by atoms with Crippen LogP contribution in [0.15, 0.2) is 109 Å². The Hall–Kier alpha value is -3.15. The summed E-state index contributed by atoms with van der Waals surface area (Å²) in [6, 6.07) is -0.825. The van der Waals surface area contributed by atoms with E-state index in [1.165, 1.54) is 141 Å². The van der Waals surface area contributed by atoms with Crippen LogP contribution in [0.25, 0.3) is 0 Å². The molecule has 0 spiro atoms. The van der Waals surface area contributed by atoms with Crippen LogP contribution in [-0.2, 0) is 14.3 Å². The zero-order chi connectivity index (χ0) is 54.3. The second-order valence-electron chi connectivity index (χ2n) is 20.8. The smallest absolute Gasteiger partial charge is 0.220 e. The summed E-state index contributed by atoms with van der Waals surface area (Å²) in [6.45, 7) is 3.63. The highest BCUT2D eigenvalue weighted by atomic mass is 16.7. The number of allylic oxidation sites excluding steroid dienone is 17. The molecular formula is C66H113NO8. The van der Waals surface area contributed by atoms with Gasteiger partial charge in [0.2, 0.25) is 5.91 Å². The van der Waals surface area contributed by atoms with Crippen molar-refractivity contribution in [3.05, 3.63) is 109 Å². The Morgan fingerprint density at radius 3 is 1.28 bits per heavy atom. The lowest BCUT2D eigenvalue weighted by Crippen LogP contribution is -2.60. The average Bonchev–Trinajstić information content (AvgIpc) is 3.41. The molecule has 430 valence electrons. The van der Waals surface area contributed by atoms with Crippen molar-refractivity contribution in [2.75, 3.05) is 13.2 Å².